The number of aromatic nitrogens is 1. The van der Waals surface area contributed by atoms with E-state index in [-0.39, 0.29) is 35.8 Å². The van der Waals surface area contributed by atoms with Crippen LogP contribution in [0, 0.1) is 17.8 Å². The minimum Gasteiger partial charge on any atom is -0.493 e. The van der Waals surface area contributed by atoms with Crippen molar-refractivity contribution in [3.63, 3.8) is 0 Å². The smallest absolute Gasteiger partial charge is 0.334 e. The van der Waals surface area contributed by atoms with E-state index in [1.807, 2.05) is 13.0 Å². The minimum atomic E-state index is -0.860. The molecule has 0 saturated carbocycles. The van der Waals surface area contributed by atoms with Gasteiger partial charge in [0.25, 0.3) is 5.91 Å². The third-order valence-corrected chi connectivity index (χ3v) is 7.74. The monoisotopic (exact) mass is 598 g/mol. The van der Waals surface area contributed by atoms with Gasteiger partial charge in [-0.15, -0.1) is 0 Å². The van der Waals surface area contributed by atoms with E-state index >= 15 is 0 Å². The first-order chi connectivity index (χ1) is 20.7. The summed E-state index contributed by atoms with van der Waals surface area (Å²) in [6.45, 7) is 7.82. The lowest BCUT2D eigenvalue weighted by Gasteiger charge is -2.32. The molecule has 1 fully saturated rings. The molecular formula is C33H46N2O8. The lowest BCUT2D eigenvalue weighted by Crippen LogP contribution is -2.43. The Morgan fingerprint density at radius 2 is 1.91 bits per heavy atom. The second-order valence-electron chi connectivity index (χ2n) is 11.3. The first kappa shape index (κ1) is 33.8. The highest BCUT2D eigenvalue weighted by Crippen LogP contribution is 2.34. The molecule has 0 bridgehead atoms. The van der Waals surface area contributed by atoms with Gasteiger partial charge in [0.1, 0.15) is 18.8 Å². The maximum Gasteiger partial charge on any atom is 0.334 e. The summed E-state index contributed by atoms with van der Waals surface area (Å²) in [6.07, 6.45) is 6.09. The number of nitrogens with one attached hydrogen (secondary N) is 1. The highest BCUT2D eigenvalue weighted by atomic mass is 16.7. The zero-order valence-electron chi connectivity index (χ0n) is 26.0. The van der Waals surface area contributed by atoms with Crippen molar-refractivity contribution < 1.29 is 38.1 Å². The van der Waals surface area contributed by atoms with Crippen molar-refractivity contribution >= 4 is 17.8 Å². The molecule has 0 radical (unpaired) electrons. The van der Waals surface area contributed by atoms with E-state index in [1.54, 1.807) is 6.92 Å². The molecule has 4 atom stereocenters. The van der Waals surface area contributed by atoms with E-state index in [2.05, 4.69) is 48.4 Å². The van der Waals surface area contributed by atoms with Crippen LogP contribution < -0.4 is 14.8 Å². The van der Waals surface area contributed by atoms with Crippen molar-refractivity contribution in [2.24, 2.45) is 17.8 Å². The Morgan fingerprint density at radius 3 is 2.60 bits per heavy atom. The van der Waals surface area contributed by atoms with Crippen molar-refractivity contribution in [2.45, 2.75) is 78.4 Å². The molecule has 10 heteroatoms. The van der Waals surface area contributed by atoms with Gasteiger partial charge in [-0.2, -0.15) is 0 Å². The summed E-state index contributed by atoms with van der Waals surface area (Å²) in [5.41, 5.74) is 1.17. The number of hydrogen-bond donors (Lipinski definition) is 1. The van der Waals surface area contributed by atoms with Crippen LogP contribution in [0.25, 0.3) is 0 Å². The van der Waals surface area contributed by atoms with Crippen molar-refractivity contribution in [1.82, 2.24) is 10.3 Å². The SMILES string of the molecule is CCOCC(=O)OCOc1c(OC)ccnc1C(=O)N[C@H]1CCC[C@H](Cc2ccccc2)[C@@H](CCC(C)C)[C@H](C)OC1=O. The van der Waals surface area contributed by atoms with Crippen LogP contribution in [0.15, 0.2) is 42.6 Å². The van der Waals surface area contributed by atoms with Crippen LogP contribution in [0.2, 0.25) is 0 Å². The van der Waals surface area contributed by atoms with Gasteiger partial charge in [-0.05, 0) is 62.8 Å². The predicted octanol–water partition coefficient (Wildman–Crippen LogP) is 5.13. The molecule has 1 aliphatic rings. The summed E-state index contributed by atoms with van der Waals surface area (Å²) in [7, 11) is 1.42. The Labute approximate surface area is 254 Å². The maximum absolute atomic E-state index is 13.5. The Kier molecular flexibility index (Phi) is 13.7. The summed E-state index contributed by atoms with van der Waals surface area (Å²) in [4.78, 5) is 42.8. The Hall–Kier alpha value is -3.66. The van der Waals surface area contributed by atoms with Crippen LogP contribution in [0.4, 0.5) is 0 Å². The molecule has 1 N–H and O–H groups in total. The van der Waals surface area contributed by atoms with Gasteiger partial charge in [-0.3, -0.25) is 4.79 Å². The van der Waals surface area contributed by atoms with Crippen LogP contribution in [0.5, 0.6) is 11.5 Å². The van der Waals surface area contributed by atoms with Gasteiger partial charge in [0.15, 0.2) is 17.2 Å². The van der Waals surface area contributed by atoms with Crippen LogP contribution in [0.3, 0.4) is 0 Å². The van der Waals surface area contributed by atoms with E-state index in [0.29, 0.717) is 24.9 Å². The molecule has 43 heavy (non-hydrogen) atoms. The van der Waals surface area contributed by atoms with Gasteiger partial charge in [0.05, 0.1) is 7.11 Å². The number of benzene rings is 1. The molecule has 0 unspecified atom stereocenters. The minimum absolute atomic E-state index is 0.00631. The number of pyridine rings is 1. The van der Waals surface area contributed by atoms with E-state index in [9.17, 15) is 14.4 Å². The van der Waals surface area contributed by atoms with Gasteiger partial charge in [0.2, 0.25) is 6.79 Å². The lowest BCUT2D eigenvalue weighted by molar-refractivity contribution is -0.156. The fourth-order valence-electron chi connectivity index (χ4n) is 5.45. The number of methoxy groups -OCH3 is 1. The predicted molar refractivity (Wildman–Crippen MR) is 161 cm³/mol. The van der Waals surface area contributed by atoms with Crippen LogP contribution >= 0.6 is 0 Å². The molecule has 3 rings (SSSR count). The molecule has 10 nitrogen and oxygen atoms in total. The van der Waals surface area contributed by atoms with E-state index in [0.717, 1.165) is 32.1 Å². The summed E-state index contributed by atoms with van der Waals surface area (Å²) in [5, 5.41) is 2.81. The second kappa shape index (κ2) is 17.5. The average Bonchev–Trinajstić information content (AvgIpc) is 3.03. The molecule has 1 aromatic carbocycles. The number of carbonyl (C=O) groups is 3. The van der Waals surface area contributed by atoms with Crippen molar-refractivity contribution in [2.75, 3.05) is 27.1 Å². The third kappa shape index (κ3) is 10.5. The zero-order valence-corrected chi connectivity index (χ0v) is 26.0. The average molecular weight is 599 g/mol. The molecule has 1 amide bonds. The molecule has 236 valence electrons. The second-order valence-corrected chi connectivity index (χ2v) is 11.3. The molecule has 0 aliphatic carbocycles. The van der Waals surface area contributed by atoms with Crippen LogP contribution in [0.1, 0.15) is 75.9 Å². The number of carbonyl (C=O) groups excluding carboxylic acids is 3. The topological polar surface area (TPSA) is 122 Å². The number of esters is 2. The lowest BCUT2D eigenvalue weighted by atomic mass is 9.77. The van der Waals surface area contributed by atoms with Crippen LogP contribution in [-0.2, 0) is 30.2 Å². The van der Waals surface area contributed by atoms with Crippen molar-refractivity contribution in [3.8, 4) is 11.5 Å². The summed E-state index contributed by atoms with van der Waals surface area (Å²) in [6, 6.07) is 11.1. The van der Waals surface area contributed by atoms with Crippen molar-refractivity contribution in [3.05, 3.63) is 53.9 Å². The van der Waals surface area contributed by atoms with E-state index < -0.39 is 30.7 Å². The number of cyclic esters (lactones) is 1. The van der Waals surface area contributed by atoms with E-state index in [4.69, 9.17) is 23.7 Å². The number of amides is 1. The molecule has 1 aromatic heterocycles. The van der Waals surface area contributed by atoms with Crippen LogP contribution in [-0.4, -0.2) is 62.1 Å². The van der Waals surface area contributed by atoms with Gasteiger partial charge in [0, 0.05) is 18.9 Å². The number of nitrogens with zero attached hydrogens (tertiary/aromatic N) is 1. The number of rotatable bonds is 14. The van der Waals surface area contributed by atoms with Gasteiger partial charge < -0.3 is 29.0 Å². The maximum atomic E-state index is 13.5. The first-order valence-electron chi connectivity index (χ1n) is 15.2. The number of ether oxygens (including phenoxy) is 5. The quantitative estimate of drug-likeness (QED) is 0.233. The molecule has 0 spiro atoms. The van der Waals surface area contributed by atoms with E-state index in [1.165, 1.54) is 24.9 Å². The Balaban J connectivity index is 1.75. The standard InChI is InChI=1S/C33H46N2O8/c1-6-40-20-29(36)41-21-42-31-28(39-5)17-18-34-30(31)32(37)35-27-14-10-13-25(19-24-11-8-7-9-12-24)26(16-15-22(2)3)23(4)43-33(27)38/h7-9,11-12,17-18,22-23,25-27H,6,10,13-16,19-21H2,1-5H3,(H,35,37)/t23-,25+,26-,27-/m0/s1. The fourth-order valence-corrected chi connectivity index (χ4v) is 5.45. The van der Waals surface area contributed by atoms with Crippen molar-refractivity contribution in [1.29, 1.82) is 0 Å². The molecule has 2 aromatic rings. The molecule has 1 aliphatic heterocycles. The first-order valence-corrected chi connectivity index (χ1v) is 15.2. The Bertz CT molecular complexity index is 1170. The summed E-state index contributed by atoms with van der Waals surface area (Å²) < 4.78 is 27.0. The summed E-state index contributed by atoms with van der Waals surface area (Å²) in [5.74, 6) is -0.408. The molecular weight excluding hydrogens is 552 g/mol. The normalized spacial score (nSPS) is 20.7. The molecule has 1 saturated heterocycles. The number of hydrogen-bond acceptors (Lipinski definition) is 9. The summed E-state index contributed by atoms with van der Waals surface area (Å²) >= 11 is 0. The van der Waals surface area contributed by atoms with Gasteiger partial charge in [-0.1, -0.05) is 57.0 Å². The highest BCUT2D eigenvalue weighted by Gasteiger charge is 2.35. The molecule has 2 heterocycles. The Morgan fingerprint density at radius 1 is 1.14 bits per heavy atom. The largest absolute Gasteiger partial charge is 0.493 e. The van der Waals surface area contributed by atoms with Gasteiger partial charge >= 0.3 is 11.9 Å². The van der Waals surface area contributed by atoms with Gasteiger partial charge in [-0.25, -0.2) is 14.6 Å². The third-order valence-electron chi connectivity index (χ3n) is 7.74. The zero-order chi connectivity index (χ0) is 31.2. The highest BCUT2D eigenvalue weighted by molar-refractivity contribution is 5.98. The fraction of sp³-hybridized carbons (Fsp3) is 0.576.